The van der Waals surface area contributed by atoms with Crippen LogP contribution in [0.1, 0.15) is 19.3 Å². The fraction of sp³-hybridized carbons (Fsp3) is 0.800. The fourth-order valence-electron chi connectivity index (χ4n) is 1.73. The van der Waals surface area contributed by atoms with Crippen molar-refractivity contribution < 1.29 is 9.90 Å². The molecule has 1 aliphatic rings. The molecule has 0 aromatic rings. The topological polar surface area (TPSA) is 64.3 Å². The summed E-state index contributed by atoms with van der Waals surface area (Å²) in [5.41, 5.74) is 0. The molecule has 0 bridgehead atoms. The predicted octanol–water partition coefficient (Wildman–Crippen LogP) is 1.18. The number of carboxylic acids is 1. The van der Waals surface area contributed by atoms with Crippen molar-refractivity contribution in [1.29, 1.82) is 5.26 Å². The largest absolute Gasteiger partial charge is 0.481 e. The van der Waals surface area contributed by atoms with Gasteiger partial charge in [-0.3, -0.25) is 9.69 Å². The number of hydrogen-bond acceptors (Lipinski definition) is 4. The van der Waals surface area contributed by atoms with Gasteiger partial charge in [-0.05, 0) is 13.0 Å². The molecule has 1 unspecified atom stereocenters. The molecule has 0 aliphatic carbocycles. The Balaban J connectivity index is 2.36. The zero-order chi connectivity index (χ0) is 11.1. The Bertz CT molecular complexity index is 252. The molecular formula is C10H16N2O2S. The lowest BCUT2D eigenvalue weighted by molar-refractivity contribution is -0.138. The number of nitrogens with zero attached hydrogens (tertiary/aromatic N) is 2. The van der Waals surface area contributed by atoms with E-state index in [2.05, 4.69) is 11.0 Å². The Hall–Kier alpha value is -0.730. The van der Waals surface area contributed by atoms with E-state index < -0.39 is 5.97 Å². The standard InChI is InChI=1S/C10H16N2O2S/c11-3-1-2-4-12-5-6-15-8-9(12)7-10(13)14/h9H,1-2,4-8H2,(H,13,14). The first-order chi connectivity index (χ1) is 7.24. The van der Waals surface area contributed by atoms with E-state index in [1.54, 1.807) is 0 Å². The third kappa shape index (κ3) is 4.54. The lowest BCUT2D eigenvalue weighted by Gasteiger charge is -2.34. The highest BCUT2D eigenvalue weighted by Crippen LogP contribution is 2.19. The number of hydrogen-bond donors (Lipinski definition) is 1. The Kier molecular flexibility index (Phi) is 5.51. The molecule has 1 aliphatic heterocycles. The van der Waals surface area contributed by atoms with Gasteiger partial charge in [0.15, 0.2) is 0 Å². The van der Waals surface area contributed by atoms with Crippen molar-refractivity contribution in [3.8, 4) is 6.07 Å². The zero-order valence-electron chi connectivity index (χ0n) is 8.69. The van der Waals surface area contributed by atoms with Crippen LogP contribution in [0.5, 0.6) is 0 Å². The van der Waals surface area contributed by atoms with Crippen molar-refractivity contribution in [1.82, 2.24) is 4.90 Å². The molecule has 0 aromatic heterocycles. The average Bonchev–Trinajstić information content (AvgIpc) is 2.20. The first-order valence-corrected chi connectivity index (χ1v) is 6.30. The van der Waals surface area contributed by atoms with Crippen LogP contribution in [-0.2, 0) is 4.79 Å². The van der Waals surface area contributed by atoms with Crippen LogP contribution in [0, 0.1) is 11.3 Å². The summed E-state index contributed by atoms with van der Waals surface area (Å²) in [5, 5.41) is 17.2. The minimum Gasteiger partial charge on any atom is -0.481 e. The van der Waals surface area contributed by atoms with Crippen molar-refractivity contribution in [2.24, 2.45) is 0 Å². The quantitative estimate of drug-likeness (QED) is 0.716. The number of aliphatic carboxylic acids is 1. The highest BCUT2D eigenvalue weighted by molar-refractivity contribution is 7.99. The minimum absolute atomic E-state index is 0.153. The van der Waals surface area contributed by atoms with Crippen molar-refractivity contribution >= 4 is 17.7 Å². The molecule has 1 N–H and O–H groups in total. The van der Waals surface area contributed by atoms with E-state index >= 15 is 0 Å². The van der Waals surface area contributed by atoms with Crippen LogP contribution in [0.2, 0.25) is 0 Å². The van der Waals surface area contributed by atoms with E-state index in [1.165, 1.54) is 0 Å². The van der Waals surface area contributed by atoms with Gasteiger partial charge >= 0.3 is 5.97 Å². The van der Waals surface area contributed by atoms with Crippen LogP contribution < -0.4 is 0 Å². The van der Waals surface area contributed by atoms with Gasteiger partial charge in [0.1, 0.15) is 0 Å². The van der Waals surface area contributed by atoms with E-state index in [0.717, 1.165) is 31.0 Å². The highest BCUT2D eigenvalue weighted by atomic mass is 32.2. The third-order valence-corrected chi connectivity index (χ3v) is 3.59. The minimum atomic E-state index is -0.729. The van der Waals surface area contributed by atoms with Gasteiger partial charge in [0, 0.05) is 30.5 Å². The van der Waals surface area contributed by atoms with Crippen molar-refractivity contribution in [2.75, 3.05) is 24.6 Å². The van der Waals surface area contributed by atoms with Crippen molar-refractivity contribution in [3.63, 3.8) is 0 Å². The summed E-state index contributed by atoms with van der Waals surface area (Å²) in [5.74, 6) is 1.24. The first-order valence-electron chi connectivity index (χ1n) is 5.14. The summed E-state index contributed by atoms with van der Waals surface area (Å²) in [6, 6.07) is 2.27. The summed E-state index contributed by atoms with van der Waals surface area (Å²) in [6.07, 6.45) is 1.63. The van der Waals surface area contributed by atoms with Gasteiger partial charge in [-0.1, -0.05) is 0 Å². The average molecular weight is 228 g/mol. The molecule has 15 heavy (non-hydrogen) atoms. The SMILES string of the molecule is N#CCCCN1CCSCC1CC(=O)O. The fourth-order valence-corrected chi connectivity index (χ4v) is 2.87. The molecule has 1 rings (SSSR count). The number of carbonyl (C=O) groups is 1. The smallest absolute Gasteiger partial charge is 0.304 e. The summed E-state index contributed by atoms with van der Waals surface area (Å²) in [7, 11) is 0. The molecule has 0 amide bonds. The van der Waals surface area contributed by atoms with E-state index in [-0.39, 0.29) is 12.5 Å². The van der Waals surface area contributed by atoms with Crippen molar-refractivity contribution in [3.05, 3.63) is 0 Å². The maximum absolute atomic E-state index is 10.7. The lowest BCUT2D eigenvalue weighted by Crippen LogP contribution is -2.43. The number of unbranched alkanes of at least 4 members (excludes halogenated alkanes) is 1. The molecule has 0 radical (unpaired) electrons. The molecular weight excluding hydrogens is 212 g/mol. The third-order valence-electron chi connectivity index (χ3n) is 2.49. The van der Waals surface area contributed by atoms with Gasteiger partial charge in [-0.15, -0.1) is 0 Å². The van der Waals surface area contributed by atoms with Crippen LogP contribution in [0.3, 0.4) is 0 Å². The van der Waals surface area contributed by atoms with E-state index in [9.17, 15) is 4.79 Å². The molecule has 0 aromatic carbocycles. The van der Waals surface area contributed by atoms with Crippen LogP contribution in [0.15, 0.2) is 0 Å². The van der Waals surface area contributed by atoms with Crippen LogP contribution in [0.4, 0.5) is 0 Å². The molecule has 1 heterocycles. The molecule has 84 valence electrons. The van der Waals surface area contributed by atoms with Crippen LogP contribution >= 0.6 is 11.8 Å². The monoisotopic (exact) mass is 228 g/mol. The highest BCUT2D eigenvalue weighted by Gasteiger charge is 2.24. The summed E-state index contributed by atoms with van der Waals surface area (Å²) < 4.78 is 0. The normalized spacial score (nSPS) is 22.2. The maximum atomic E-state index is 10.7. The first kappa shape index (κ1) is 12.3. The zero-order valence-corrected chi connectivity index (χ0v) is 9.50. The molecule has 1 saturated heterocycles. The van der Waals surface area contributed by atoms with Gasteiger partial charge in [0.25, 0.3) is 0 Å². The van der Waals surface area contributed by atoms with Gasteiger partial charge in [0.05, 0.1) is 12.5 Å². The summed E-state index contributed by atoms with van der Waals surface area (Å²) in [6.45, 7) is 1.81. The lowest BCUT2D eigenvalue weighted by atomic mass is 10.2. The second-order valence-electron chi connectivity index (χ2n) is 3.62. The maximum Gasteiger partial charge on any atom is 0.304 e. The van der Waals surface area contributed by atoms with Crippen molar-refractivity contribution in [2.45, 2.75) is 25.3 Å². The Morgan fingerprint density at radius 2 is 2.47 bits per heavy atom. The summed E-state index contributed by atoms with van der Waals surface area (Å²) in [4.78, 5) is 12.9. The summed E-state index contributed by atoms with van der Waals surface area (Å²) >= 11 is 1.82. The van der Waals surface area contributed by atoms with E-state index in [1.807, 2.05) is 11.8 Å². The molecule has 5 heteroatoms. The Labute approximate surface area is 94.2 Å². The number of nitriles is 1. The Morgan fingerprint density at radius 1 is 1.67 bits per heavy atom. The second-order valence-corrected chi connectivity index (χ2v) is 4.77. The number of carboxylic acid groups (broad SMARTS) is 1. The van der Waals surface area contributed by atoms with Gasteiger partial charge in [-0.25, -0.2) is 0 Å². The van der Waals surface area contributed by atoms with Gasteiger partial charge in [0.2, 0.25) is 0 Å². The number of thioether (sulfide) groups is 1. The van der Waals surface area contributed by atoms with Crippen LogP contribution in [-0.4, -0.2) is 46.6 Å². The van der Waals surface area contributed by atoms with Crippen LogP contribution in [0.25, 0.3) is 0 Å². The molecule has 0 spiro atoms. The molecule has 1 atom stereocenters. The second kappa shape index (κ2) is 6.70. The van der Waals surface area contributed by atoms with Gasteiger partial charge in [-0.2, -0.15) is 17.0 Å². The molecule has 1 fully saturated rings. The van der Waals surface area contributed by atoms with E-state index in [0.29, 0.717) is 6.42 Å². The Morgan fingerprint density at radius 3 is 3.13 bits per heavy atom. The molecule has 0 saturated carbocycles. The number of rotatable bonds is 5. The van der Waals surface area contributed by atoms with E-state index in [4.69, 9.17) is 10.4 Å². The predicted molar refractivity (Wildman–Crippen MR) is 59.8 cm³/mol. The van der Waals surface area contributed by atoms with Gasteiger partial charge < -0.3 is 5.11 Å². The molecule has 4 nitrogen and oxygen atoms in total.